The van der Waals surface area contributed by atoms with Gasteiger partial charge in [0, 0.05) is 18.2 Å². The van der Waals surface area contributed by atoms with Crippen molar-refractivity contribution in [3.05, 3.63) is 62.6 Å². The van der Waals surface area contributed by atoms with Crippen molar-refractivity contribution in [1.82, 2.24) is 9.88 Å². The molecule has 0 saturated heterocycles. The average Bonchev–Trinajstić information content (AvgIpc) is 3.19. The molecule has 1 aromatic carbocycles. The summed E-state index contributed by atoms with van der Waals surface area (Å²) >= 11 is 1.42. The van der Waals surface area contributed by atoms with Gasteiger partial charge in [-0.25, -0.2) is 0 Å². The number of benzene rings is 1. The maximum atomic E-state index is 12.8. The predicted molar refractivity (Wildman–Crippen MR) is 105 cm³/mol. The second-order valence-electron chi connectivity index (χ2n) is 6.13. The van der Waals surface area contributed by atoms with Crippen molar-refractivity contribution in [2.75, 3.05) is 13.7 Å². The molecule has 0 atom stereocenters. The lowest BCUT2D eigenvalue weighted by molar-refractivity contribution is 0.0745. The van der Waals surface area contributed by atoms with Crippen LogP contribution in [0, 0.1) is 0 Å². The SMILES string of the molecule is CCCCN(Cc1cc2ccc(OC)cc2[nH]c1=O)C(=O)c1cccs1. The molecule has 1 amide bonds. The van der Waals surface area contributed by atoms with Crippen molar-refractivity contribution in [2.24, 2.45) is 0 Å². The maximum absolute atomic E-state index is 12.8. The summed E-state index contributed by atoms with van der Waals surface area (Å²) in [4.78, 5) is 30.7. The highest BCUT2D eigenvalue weighted by atomic mass is 32.1. The van der Waals surface area contributed by atoms with Crippen LogP contribution in [-0.2, 0) is 6.54 Å². The highest BCUT2D eigenvalue weighted by Gasteiger charge is 2.18. The number of hydrogen-bond acceptors (Lipinski definition) is 4. The molecule has 26 heavy (non-hydrogen) atoms. The van der Waals surface area contributed by atoms with Crippen LogP contribution in [0.15, 0.2) is 46.6 Å². The molecule has 2 aromatic heterocycles. The van der Waals surface area contributed by atoms with E-state index >= 15 is 0 Å². The summed E-state index contributed by atoms with van der Waals surface area (Å²) in [7, 11) is 1.59. The Labute approximate surface area is 156 Å². The van der Waals surface area contributed by atoms with Crippen molar-refractivity contribution < 1.29 is 9.53 Å². The third-order valence-corrected chi connectivity index (χ3v) is 5.15. The Morgan fingerprint density at radius 1 is 1.27 bits per heavy atom. The molecule has 0 radical (unpaired) electrons. The van der Waals surface area contributed by atoms with E-state index in [4.69, 9.17) is 4.74 Å². The molecule has 0 unspecified atom stereocenters. The summed E-state index contributed by atoms with van der Waals surface area (Å²) in [5.74, 6) is 0.668. The van der Waals surface area contributed by atoms with Crippen LogP contribution in [0.2, 0.25) is 0 Å². The number of unbranched alkanes of at least 4 members (excludes halogenated alkanes) is 1. The highest BCUT2D eigenvalue weighted by Crippen LogP contribution is 2.20. The predicted octanol–water partition coefficient (Wildman–Crippen LogP) is 4.04. The summed E-state index contributed by atoms with van der Waals surface area (Å²) in [6.07, 6.45) is 1.89. The second-order valence-corrected chi connectivity index (χ2v) is 7.08. The first kappa shape index (κ1) is 18.2. The number of ether oxygens (including phenoxy) is 1. The first-order chi connectivity index (χ1) is 12.6. The molecule has 0 aliphatic carbocycles. The van der Waals surface area contributed by atoms with E-state index in [1.165, 1.54) is 11.3 Å². The Balaban J connectivity index is 1.91. The average molecular weight is 370 g/mol. The number of thiophene rings is 1. The van der Waals surface area contributed by atoms with Crippen LogP contribution in [0.3, 0.4) is 0 Å². The third-order valence-electron chi connectivity index (χ3n) is 4.29. The fourth-order valence-corrected chi connectivity index (χ4v) is 3.52. The van der Waals surface area contributed by atoms with Crippen molar-refractivity contribution in [3.8, 4) is 5.75 Å². The number of rotatable bonds is 7. The molecule has 0 aliphatic heterocycles. The van der Waals surface area contributed by atoms with E-state index < -0.39 is 0 Å². The van der Waals surface area contributed by atoms with Crippen molar-refractivity contribution in [3.63, 3.8) is 0 Å². The number of carbonyl (C=O) groups excluding carboxylic acids is 1. The van der Waals surface area contributed by atoms with Crippen LogP contribution in [0.1, 0.15) is 35.0 Å². The van der Waals surface area contributed by atoms with E-state index in [1.807, 2.05) is 35.7 Å². The summed E-state index contributed by atoms with van der Waals surface area (Å²) in [5, 5.41) is 2.81. The Morgan fingerprint density at radius 3 is 2.81 bits per heavy atom. The highest BCUT2D eigenvalue weighted by molar-refractivity contribution is 7.12. The first-order valence-electron chi connectivity index (χ1n) is 8.65. The van der Waals surface area contributed by atoms with Gasteiger partial charge in [0.25, 0.3) is 11.5 Å². The van der Waals surface area contributed by atoms with Gasteiger partial charge in [-0.05, 0) is 41.5 Å². The van der Waals surface area contributed by atoms with Gasteiger partial charge in [0.05, 0.1) is 24.0 Å². The van der Waals surface area contributed by atoms with E-state index in [9.17, 15) is 9.59 Å². The molecular formula is C20H22N2O3S. The summed E-state index contributed by atoms with van der Waals surface area (Å²) in [5.41, 5.74) is 1.14. The lowest BCUT2D eigenvalue weighted by Gasteiger charge is -2.22. The number of nitrogens with zero attached hydrogens (tertiary/aromatic N) is 1. The lowest BCUT2D eigenvalue weighted by atomic mass is 10.1. The van der Waals surface area contributed by atoms with Crippen LogP contribution in [0.4, 0.5) is 0 Å². The smallest absolute Gasteiger partial charge is 0.264 e. The van der Waals surface area contributed by atoms with Gasteiger partial charge in [-0.1, -0.05) is 19.4 Å². The zero-order valence-corrected chi connectivity index (χ0v) is 15.8. The van der Waals surface area contributed by atoms with Gasteiger partial charge in [-0.15, -0.1) is 11.3 Å². The third kappa shape index (κ3) is 3.96. The van der Waals surface area contributed by atoms with Crippen molar-refractivity contribution in [2.45, 2.75) is 26.3 Å². The second kappa shape index (κ2) is 8.19. The van der Waals surface area contributed by atoms with E-state index in [0.29, 0.717) is 29.3 Å². The monoisotopic (exact) mass is 370 g/mol. The van der Waals surface area contributed by atoms with Crippen molar-refractivity contribution >= 4 is 28.1 Å². The molecule has 3 aromatic rings. The quantitative estimate of drug-likeness (QED) is 0.683. The number of H-pyrrole nitrogens is 1. The molecule has 5 nitrogen and oxygen atoms in total. The molecule has 1 N–H and O–H groups in total. The molecule has 2 heterocycles. The number of pyridine rings is 1. The number of methoxy groups -OCH3 is 1. The number of aromatic amines is 1. The van der Waals surface area contributed by atoms with Gasteiger partial charge >= 0.3 is 0 Å². The summed E-state index contributed by atoms with van der Waals surface area (Å²) in [6.45, 7) is 3.02. The zero-order valence-electron chi connectivity index (χ0n) is 15.0. The van der Waals surface area contributed by atoms with Gasteiger partial charge in [0.2, 0.25) is 0 Å². The molecular weight excluding hydrogens is 348 g/mol. The number of fused-ring (bicyclic) bond motifs is 1. The van der Waals surface area contributed by atoms with Gasteiger partial charge in [0.1, 0.15) is 5.75 Å². The number of aromatic nitrogens is 1. The molecule has 0 spiro atoms. The molecule has 0 aliphatic rings. The minimum Gasteiger partial charge on any atom is -0.497 e. The van der Waals surface area contributed by atoms with Crippen molar-refractivity contribution in [1.29, 1.82) is 0 Å². The Hall–Kier alpha value is -2.60. The van der Waals surface area contributed by atoms with E-state index in [1.54, 1.807) is 18.1 Å². The number of nitrogens with one attached hydrogen (secondary N) is 1. The minimum absolute atomic E-state index is 0.0253. The van der Waals surface area contributed by atoms with E-state index in [0.717, 1.165) is 23.7 Å². The van der Waals surface area contributed by atoms with Crippen LogP contribution in [-0.4, -0.2) is 29.4 Å². The minimum atomic E-state index is -0.175. The van der Waals surface area contributed by atoms with E-state index in [2.05, 4.69) is 11.9 Å². The number of hydrogen-bond donors (Lipinski definition) is 1. The molecule has 0 fully saturated rings. The van der Waals surface area contributed by atoms with Gasteiger partial charge in [0.15, 0.2) is 0 Å². The van der Waals surface area contributed by atoms with E-state index in [-0.39, 0.29) is 11.5 Å². The molecule has 136 valence electrons. The summed E-state index contributed by atoms with van der Waals surface area (Å²) < 4.78 is 5.20. The fraction of sp³-hybridized carbons (Fsp3) is 0.300. The van der Waals surface area contributed by atoms with Gasteiger partial charge in [-0.3, -0.25) is 9.59 Å². The molecule has 0 saturated carbocycles. The lowest BCUT2D eigenvalue weighted by Crippen LogP contribution is -2.33. The Morgan fingerprint density at radius 2 is 2.12 bits per heavy atom. The molecule has 6 heteroatoms. The summed E-state index contributed by atoms with van der Waals surface area (Å²) in [6, 6.07) is 11.1. The largest absolute Gasteiger partial charge is 0.497 e. The fourth-order valence-electron chi connectivity index (χ4n) is 2.83. The number of carbonyl (C=O) groups is 1. The van der Waals surface area contributed by atoms with Gasteiger partial charge in [-0.2, -0.15) is 0 Å². The Bertz CT molecular complexity index is 947. The molecule has 3 rings (SSSR count). The molecule has 0 bridgehead atoms. The maximum Gasteiger partial charge on any atom is 0.264 e. The Kier molecular flexibility index (Phi) is 5.73. The number of amides is 1. The van der Waals surface area contributed by atoms with Gasteiger partial charge < -0.3 is 14.6 Å². The zero-order chi connectivity index (χ0) is 18.5. The topological polar surface area (TPSA) is 62.4 Å². The normalized spacial score (nSPS) is 10.8. The van der Waals surface area contributed by atoms with Crippen LogP contribution in [0.5, 0.6) is 5.75 Å². The standard InChI is InChI=1S/C20H22N2O3S/c1-3-4-9-22(20(24)18-6-5-10-26-18)13-15-11-14-7-8-16(25-2)12-17(14)21-19(15)23/h5-8,10-12H,3-4,9,13H2,1-2H3,(H,21,23). The van der Waals surface area contributed by atoms with Crippen LogP contribution < -0.4 is 10.3 Å². The first-order valence-corrected chi connectivity index (χ1v) is 9.53. The van der Waals surface area contributed by atoms with Crippen LogP contribution >= 0.6 is 11.3 Å². The van der Waals surface area contributed by atoms with Crippen LogP contribution in [0.25, 0.3) is 10.9 Å².